The Hall–Kier alpha value is -1.27. The smallest absolute Gasteiger partial charge is 0.411 e. The summed E-state index contributed by atoms with van der Waals surface area (Å²) < 4.78 is 45.1. The van der Waals surface area contributed by atoms with Crippen LogP contribution in [-0.4, -0.2) is 19.6 Å². The molecule has 0 bridgehead atoms. The molecule has 0 saturated carbocycles. The lowest BCUT2D eigenvalue weighted by atomic mass is 9.88. The number of ether oxygens (including phenoxy) is 2. The van der Waals surface area contributed by atoms with Gasteiger partial charge in [-0.3, -0.25) is 0 Å². The molecule has 1 aromatic rings. The van der Waals surface area contributed by atoms with Crippen LogP contribution in [0.5, 0.6) is 5.75 Å². The van der Waals surface area contributed by atoms with Gasteiger partial charge in [-0.05, 0) is 42.5 Å². The van der Waals surface area contributed by atoms with E-state index in [0.29, 0.717) is 5.75 Å². The van der Waals surface area contributed by atoms with Crippen molar-refractivity contribution in [2.24, 2.45) is 5.73 Å². The normalized spacial score (nSPS) is 19.1. The first kappa shape index (κ1) is 14.1. The van der Waals surface area contributed by atoms with E-state index in [0.717, 1.165) is 24.8 Å². The van der Waals surface area contributed by atoms with Gasteiger partial charge in [-0.1, -0.05) is 6.07 Å². The Morgan fingerprint density at radius 3 is 2.84 bits per heavy atom. The van der Waals surface area contributed by atoms with Crippen molar-refractivity contribution in [2.45, 2.75) is 31.5 Å². The summed E-state index contributed by atoms with van der Waals surface area (Å²) in [4.78, 5) is 0. The molecule has 0 amide bonds. The predicted octanol–water partition coefficient (Wildman–Crippen LogP) is 2.94. The number of benzene rings is 1. The van der Waals surface area contributed by atoms with Crippen molar-refractivity contribution in [2.75, 3.05) is 13.4 Å². The average Bonchev–Trinajstić information content (AvgIpc) is 2.34. The molecule has 1 aliphatic carbocycles. The van der Waals surface area contributed by atoms with E-state index in [4.69, 9.17) is 10.5 Å². The minimum Gasteiger partial charge on any atom is -0.468 e. The molecule has 19 heavy (non-hydrogen) atoms. The molecule has 0 saturated heterocycles. The Kier molecular flexibility index (Phi) is 4.31. The first-order chi connectivity index (χ1) is 8.96. The molecule has 0 heterocycles. The summed E-state index contributed by atoms with van der Waals surface area (Å²) in [7, 11) is 0. The number of hydrogen-bond donors (Lipinski definition) is 1. The van der Waals surface area contributed by atoms with Crippen molar-refractivity contribution in [3.8, 4) is 5.75 Å². The van der Waals surface area contributed by atoms with Crippen molar-refractivity contribution < 1.29 is 22.6 Å². The summed E-state index contributed by atoms with van der Waals surface area (Å²) in [6.45, 7) is -1.73. The lowest BCUT2D eigenvalue weighted by molar-refractivity contribution is -0.186. The van der Waals surface area contributed by atoms with Crippen LogP contribution in [0.1, 0.15) is 30.0 Å². The van der Waals surface area contributed by atoms with Crippen molar-refractivity contribution in [1.82, 2.24) is 0 Å². The number of halogens is 3. The summed E-state index contributed by atoms with van der Waals surface area (Å²) in [5.74, 6) is 0.485. The maximum absolute atomic E-state index is 11.9. The van der Waals surface area contributed by atoms with Crippen molar-refractivity contribution in [3.63, 3.8) is 0 Å². The quantitative estimate of drug-likeness (QED) is 0.678. The topological polar surface area (TPSA) is 44.5 Å². The zero-order valence-corrected chi connectivity index (χ0v) is 10.4. The molecule has 0 radical (unpaired) electrons. The van der Waals surface area contributed by atoms with Gasteiger partial charge in [0.05, 0.1) is 0 Å². The van der Waals surface area contributed by atoms with Crippen LogP contribution >= 0.6 is 0 Å². The molecular formula is C13H16F3NO2. The van der Waals surface area contributed by atoms with Gasteiger partial charge >= 0.3 is 6.18 Å². The van der Waals surface area contributed by atoms with Crippen molar-refractivity contribution >= 4 is 0 Å². The van der Waals surface area contributed by atoms with Gasteiger partial charge in [-0.15, -0.1) is 0 Å². The number of nitrogens with two attached hydrogens (primary N) is 1. The minimum absolute atomic E-state index is 0.0246. The Labute approximate surface area is 109 Å². The van der Waals surface area contributed by atoms with Crippen LogP contribution in [0, 0.1) is 0 Å². The molecule has 2 N–H and O–H groups in total. The van der Waals surface area contributed by atoms with E-state index in [2.05, 4.69) is 4.74 Å². The standard InChI is InChI=1S/C13H16F3NO2/c14-13(15,16)7-18-8-19-10-5-4-9-2-1-3-12(17)11(9)6-10/h4-6,12H,1-3,7-8,17H2/t12-/m1/s1. The Morgan fingerprint density at radius 2 is 2.11 bits per heavy atom. The first-order valence-corrected chi connectivity index (χ1v) is 6.11. The fourth-order valence-electron chi connectivity index (χ4n) is 2.17. The zero-order chi connectivity index (χ0) is 13.9. The van der Waals surface area contributed by atoms with E-state index < -0.39 is 19.6 Å². The highest BCUT2D eigenvalue weighted by atomic mass is 19.4. The zero-order valence-electron chi connectivity index (χ0n) is 10.4. The van der Waals surface area contributed by atoms with Crippen LogP contribution in [0.2, 0.25) is 0 Å². The van der Waals surface area contributed by atoms with Gasteiger partial charge in [0.2, 0.25) is 0 Å². The third-order valence-electron chi connectivity index (χ3n) is 3.05. The summed E-state index contributed by atoms with van der Waals surface area (Å²) in [5, 5.41) is 0. The number of aryl methyl sites for hydroxylation is 1. The minimum atomic E-state index is -4.33. The third kappa shape index (κ3) is 4.11. The van der Waals surface area contributed by atoms with Gasteiger partial charge in [-0.25, -0.2) is 0 Å². The molecule has 1 atom stereocenters. The van der Waals surface area contributed by atoms with Gasteiger partial charge in [-0.2, -0.15) is 13.2 Å². The molecule has 3 nitrogen and oxygen atoms in total. The maximum Gasteiger partial charge on any atom is 0.411 e. The second-order valence-corrected chi connectivity index (χ2v) is 4.59. The fraction of sp³-hybridized carbons (Fsp3) is 0.538. The summed E-state index contributed by atoms with van der Waals surface area (Å²) in [5.41, 5.74) is 8.19. The Balaban J connectivity index is 1.89. The van der Waals surface area contributed by atoms with Gasteiger partial charge in [0.15, 0.2) is 6.79 Å². The average molecular weight is 275 g/mol. The second-order valence-electron chi connectivity index (χ2n) is 4.59. The molecule has 6 heteroatoms. The molecule has 0 aromatic heterocycles. The SMILES string of the molecule is N[C@@H]1CCCc2ccc(OCOCC(F)(F)F)cc21. The van der Waals surface area contributed by atoms with E-state index in [9.17, 15) is 13.2 Å². The number of rotatable bonds is 4. The molecule has 106 valence electrons. The molecule has 0 fully saturated rings. The highest BCUT2D eigenvalue weighted by molar-refractivity contribution is 5.38. The van der Waals surface area contributed by atoms with E-state index in [-0.39, 0.29) is 6.04 Å². The van der Waals surface area contributed by atoms with Gasteiger partial charge in [0, 0.05) is 6.04 Å². The summed E-state index contributed by atoms with van der Waals surface area (Å²) >= 11 is 0. The maximum atomic E-state index is 11.9. The highest BCUT2D eigenvalue weighted by Gasteiger charge is 2.27. The Morgan fingerprint density at radius 1 is 1.32 bits per heavy atom. The molecule has 1 aliphatic rings. The highest BCUT2D eigenvalue weighted by Crippen LogP contribution is 2.30. The third-order valence-corrected chi connectivity index (χ3v) is 3.05. The molecule has 0 aliphatic heterocycles. The van der Waals surface area contributed by atoms with Crippen LogP contribution in [0.25, 0.3) is 0 Å². The number of fused-ring (bicyclic) bond motifs is 1. The van der Waals surface area contributed by atoms with Crippen LogP contribution < -0.4 is 10.5 Å². The van der Waals surface area contributed by atoms with Gasteiger partial charge in [0.25, 0.3) is 0 Å². The number of alkyl halides is 3. The first-order valence-electron chi connectivity index (χ1n) is 6.11. The molecule has 1 aromatic carbocycles. The van der Waals surface area contributed by atoms with Crippen LogP contribution in [0.4, 0.5) is 13.2 Å². The van der Waals surface area contributed by atoms with E-state index >= 15 is 0 Å². The van der Waals surface area contributed by atoms with Crippen LogP contribution in [0.15, 0.2) is 18.2 Å². The largest absolute Gasteiger partial charge is 0.468 e. The second kappa shape index (κ2) is 5.79. The van der Waals surface area contributed by atoms with Gasteiger partial charge < -0.3 is 15.2 Å². The molecule has 2 rings (SSSR count). The van der Waals surface area contributed by atoms with Crippen LogP contribution in [-0.2, 0) is 11.2 Å². The molecule has 0 spiro atoms. The van der Waals surface area contributed by atoms with E-state index in [1.54, 1.807) is 12.1 Å². The van der Waals surface area contributed by atoms with Gasteiger partial charge in [0.1, 0.15) is 12.4 Å². The molecular weight excluding hydrogens is 259 g/mol. The van der Waals surface area contributed by atoms with Crippen LogP contribution in [0.3, 0.4) is 0 Å². The Bertz CT molecular complexity index is 434. The van der Waals surface area contributed by atoms with E-state index in [1.807, 2.05) is 6.07 Å². The summed E-state index contributed by atoms with van der Waals surface area (Å²) in [6, 6.07) is 5.40. The van der Waals surface area contributed by atoms with E-state index in [1.165, 1.54) is 5.56 Å². The van der Waals surface area contributed by atoms with Crippen molar-refractivity contribution in [3.05, 3.63) is 29.3 Å². The lowest BCUT2D eigenvalue weighted by Gasteiger charge is -2.22. The predicted molar refractivity (Wildman–Crippen MR) is 63.8 cm³/mol. The lowest BCUT2D eigenvalue weighted by Crippen LogP contribution is -2.19. The monoisotopic (exact) mass is 275 g/mol. The summed E-state index contributed by atoms with van der Waals surface area (Å²) in [6.07, 6.45) is -1.38. The van der Waals surface area contributed by atoms with Crippen molar-refractivity contribution in [1.29, 1.82) is 0 Å². The number of hydrogen-bond acceptors (Lipinski definition) is 3. The fourth-order valence-corrected chi connectivity index (χ4v) is 2.17. The molecule has 0 unspecified atom stereocenters.